The Morgan fingerprint density at radius 2 is 0.909 bits per heavy atom. The predicted octanol–water partition coefficient (Wildman–Crippen LogP) is 3.64. The van der Waals surface area contributed by atoms with Crippen LogP contribution in [0, 0.1) is 5.41 Å². The number of rotatable bonds is 14. The van der Waals surface area contributed by atoms with Gasteiger partial charge in [0, 0.05) is 37.3 Å². The van der Waals surface area contributed by atoms with Gasteiger partial charge in [0.25, 0.3) is 0 Å². The van der Waals surface area contributed by atoms with Crippen molar-refractivity contribution in [1.82, 2.24) is 10.6 Å². The van der Waals surface area contributed by atoms with Crippen molar-refractivity contribution >= 4 is 0 Å². The Kier molecular flexibility index (Phi) is 9.94. The summed E-state index contributed by atoms with van der Waals surface area (Å²) in [5.41, 5.74) is 2.02. The van der Waals surface area contributed by atoms with E-state index in [1.807, 2.05) is 24.3 Å². The molecule has 2 N–H and O–H groups in total. The molecule has 0 bridgehead atoms. The first-order valence-corrected chi connectivity index (χ1v) is 10.8. The number of hydrogen-bond donors (Lipinski definition) is 2. The molecule has 0 aliphatic rings. The molecule has 184 valence electrons. The molecule has 0 unspecified atom stereocenters. The average Bonchev–Trinajstić information content (AvgIpc) is 2.82. The summed E-state index contributed by atoms with van der Waals surface area (Å²) in [7, 11) is 9.72. The van der Waals surface area contributed by atoms with E-state index in [1.165, 1.54) is 0 Å². The molecule has 2 rings (SSSR count). The van der Waals surface area contributed by atoms with E-state index in [1.54, 1.807) is 42.7 Å². The van der Waals surface area contributed by atoms with Crippen molar-refractivity contribution in [3.63, 3.8) is 0 Å². The van der Waals surface area contributed by atoms with E-state index in [4.69, 9.17) is 28.4 Å². The lowest BCUT2D eigenvalue weighted by molar-refractivity contribution is 0.307. The fraction of sp³-hybridized carbons (Fsp3) is 0.520. The second-order valence-corrected chi connectivity index (χ2v) is 8.36. The average molecular weight is 463 g/mol. The van der Waals surface area contributed by atoms with Crippen LogP contribution in [0.1, 0.15) is 25.0 Å². The largest absolute Gasteiger partial charge is 0.493 e. The van der Waals surface area contributed by atoms with E-state index in [0.29, 0.717) is 47.6 Å². The fourth-order valence-corrected chi connectivity index (χ4v) is 3.74. The summed E-state index contributed by atoms with van der Waals surface area (Å²) in [6, 6.07) is 7.76. The Bertz CT molecular complexity index is 829. The second-order valence-electron chi connectivity index (χ2n) is 8.36. The summed E-state index contributed by atoms with van der Waals surface area (Å²) in [6.07, 6.45) is 0. The standard InChI is InChI=1S/C25H38N2O6/c1-25(2,15-26-13-17-9-11-19(28-3)23(32-7)21(17)30-5)16-27-14-18-10-12-20(29-4)24(33-8)22(18)31-6/h9-12,26-27H,13-16H2,1-8H3. The molecule has 0 heterocycles. The Morgan fingerprint density at radius 3 is 1.21 bits per heavy atom. The minimum atomic E-state index is 0.00752. The maximum Gasteiger partial charge on any atom is 0.203 e. The van der Waals surface area contributed by atoms with Crippen molar-refractivity contribution in [2.45, 2.75) is 26.9 Å². The van der Waals surface area contributed by atoms with Crippen molar-refractivity contribution in [3.8, 4) is 34.5 Å². The van der Waals surface area contributed by atoms with Gasteiger partial charge in [-0.25, -0.2) is 0 Å². The van der Waals surface area contributed by atoms with Crippen molar-refractivity contribution in [2.75, 3.05) is 55.7 Å². The summed E-state index contributed by atoms with van der Waals surface area (Å²) in [4.78, 5) is 0. The fourth-order valence-electron chi connectivity index (χ4n) is 3.74. The van der Waals surface area contributed by atoms with E-state index in [0.717, 1.165) is 24.2 Å². The second kappa shape index (κ2) is 12.4. The summed E-state index contributed by atoms with van der Waals surface area (Å²) < 4.78 is 32.8. The summed E-state index contributed by atoms with van der Waals surface area (Å²) in [5.74, 6) is 3.86. The Hall–Kier alpha value is -2.84. The van der Waals surface area contributed by atoms with Gasteiger partial charge in [0.1, 0.15) is 0 Å². The number of ether oxygens (including phenoxy) is 6. The molecule has 0 amide bonds. The maximum atomic E-state index is 5.58. The zero-order valence-electron chi connectivity index (χ0n) is 21.1. The van der Waals surface area contributed by atoms with Crippen LogP contribution < -0.4 is 39.1 Å². The SMILES string of the molecule is COc1ccc(CNCC(C)(C)CNCc2ccc(OC)c(OC)c2OC)c(OC)c1OC. The summed E-state index contributed by atoms with van der Waals surface area (Å²) >= 11 is 0. The molecule has 33 heavy (non-hydrogen) atoms. The molecule has 2 aromatic carbocycles. The van der Waals surface area contributed by atoms with E-state index in [2.05, 4.69) is 24.5 Å². The molecule has 0 atom stereocenters. The van der Waals surface area contributed by atoms with Crippen molar-refractivity contribution < 1.29 is 28.4 Å². The molecule has 0 aliphatic heterocycles. The zero-order chi connectivity index (χ0) is 24.4. The predicted molar refractivity (Wildman–Crippen MR) is 129 cm³/mol. The van der Waals surface area contributed by atoms with E-state index >= 15 is 0 Å². The normalized spacial score (nSPS) is 11.2. The molecule has 0 saturated heterocycles. The quantitative estimate of drug-likeness (QED) is 0.441. The van der Waals surface area contributed by atoms with Crippen LogP contribution in [0.2, 0.25) is 0 Å². The van der Waals surface area contributed by atoms with Crippen LogP contribution in [0.4, 0.5) is 0 Å². The minimum Gasteiger partial charge on any atom is -0.493 e. The molecule has 0 aromatic heterocycles. The van der Waals surface area contributed by atoms with E-state index in [-0.39, 0.29) is 5.41 Å². The van der Waals surface area contributed by atoms with Gasteiger partial charge in [-0.3, -0.25) is 0 Å². The molecule has 8 nitrogen and oxygen atoms in total. The van der Waals surface area contributed by atoms with Crippen LogP contribution in [0.3, 0.4) is 0 Å². The van der Waals surface area contributed by atoms with Crippen molar-refractivity contribution in [1.29, 1.82) is 0 Å². The monoisotopic (exact) mass is 462 g/mol. The lowest BCUT2D eigenvalue weighted by Gasteiger charge is -2.26. The molecule has 0 saturated carbocycles. The molecule has 0 fully saturated rings. The van der Waals surface area contributed by atoms with Gasteiger partial charge in [-0.15, -0.1) is 0 Å². The first-order valence-electron chi connectivity index (χ1n) is 10.8. The Balaban J connectivity index is 1.96. The minimum absolute atomic E-state index is 0.00752. The molecule has 8 heteroatoms. The molecular weight excluding hydrogens is 424 g/mol. The third kappa shape index (κ3) is 6.58. The first kappa shape index (κ1) is 26.4. The summed E-state index contributed by atoms with van der Waals surface area (Å²) in [5, 5.41) is 7.06. The highest BCUT2D eigenvalue weighted by Crippen LogP contribution is 2.40. The maximum absolute atomic E-state index is 5.58. The van der Waals surface area contributed by atoms with Crippen LogP contribution in [0.15, 0.2) is 24.3 Å². The molecule has 0 spiro atoms. The van der Waals surface area contributed by atoms with Crippen LogP contribution in [0.5, 0.6) is 34.5 Å². The van der Waals surface area contributed by atoms with Gasteiger partial charge in [0.05, 0.1) is 42.7 Å². The Labute approximate surface area is 197 Å². The lowest BCUT2D eigenvalue weighted by Crippen LogP contribution is -2.37. The smallest absolute Gasteiger partial charge is 0.203 e. The number of methoxy groups -OCH3 is 6. The Morgan fingerprint density at radius 1 is 0.545 bits per heavy atom. The van der Waals surface area contributed by atoms with Crippen LogP contribution in [0.25, 0.3) is 0 Å². The number of hydrogen-bond acceptors (Lipinski definition) is 8. The van der Waals surface area contributed by atoms with Crippen LogP contribution >= 0.6 is 0 Å². The number of benzene rings is 2. The van der Waals surface area contributed by atoms with Crippen molar-refractivity contribution in [3.05, 3.63) is 35.4 Å². The highest BCUT2D eigenvalue weighted by Gasteiger charge is 2.20. The van der Waals surface area contributed by atoms with Gasteiger partial charge in [-0.2, -0.15) is 0 Å². The molecule has 2 aromatic rings. The van der Waals surface area contributed by atoms with Crippen LogP contribution in [-0.4, -0.2) is 55.7 Å². The number of nitrogens with one attached hydrogen (secondary N) is 2. The van der Waals surface area contributed by atoms with Gasteiger partial charge in [0.2, 0.25) is 11.5 Å². The first-order chi connectivity index (χ1) is 15.8. The highest BCUT2D eigenvalue weighted by atomic mass is 16.5. The topological polar surface area (TPSA) is 79.4 Å². The van der Waals surface area contributed by atoms with Gasteiger partial charge in [-0.05, 0) is 17.5 Å². The highest BCUT2D eigenvalue weighted by molar-refractivity contribution is 5.56. The van der Waals surface area contributed by atoms with Gasteiger partial charge in [-0.1, -0.05) is 26.0 Å². The van der Waals surface area contributed by atoms with E-state index < -0.39 is 0 Å². The molecular formula is C25H38N2O6. The molecule has 0 aliphatic carbocycles. The molecule has 0 radical (unpaired) electrons. The third-order valence-corrected chi connectivity index (χ3v) is 5.41. The summed E-state index contributed by atoms with van der Waals surface area (Å²) in [6.45, 7) is 7.34. The lowest BCUT2D eigenvalue weighted by atomic mass is 9.93. The van der Waals surface area contributed by atoms with Gasteiger partial charge < -0.3 is 39.1 Å². The van der Waals surface area contributed by atoms with E-state index in [9.17, 15) is 0 Å². The van der Waals surface area contributed by atoms with Crippen LogP contribution in [-0.2, 0) is 13.1 Å². The zero-order valence-corrected chi connectivity index (χ0v) is 21.1. The van der Waals surface area contributed by atoms with Gasteiger partial charge >= 0.3 is 0 Å². The van der Waals surface area contributed by atoms with Crippen molar-refractivity contribution in [2.24, 2.45) is 5.41 Å². The van der Waals surface area contributed by atoms with Gasteiger partial charge in [0.15, 0.2) is 23.0 Å². The third-order valence-electron chi connectivity index (χ3n) is 5.41.